The number of aromatic nitrogens is 4. The van der Waals surface area contributed by atoms with Gasteiger partial charge in [-0.05, 0) is 36.2 Å². The third-order valence-corrected chi connectivity index (χ3v) is 5.70. The van der Waals surface area contributed by atoms with E-state index >= 15 is 0 Å². The van der Waals surface area contributed by atoms with Crippen molar-refractivity contribution in [2.24, 2.45) is 0 Å². The molecule has 0 N–H and O–H groups in total. The molecule has 0 amide bonds. The molecule has 0 spiro atoms. The van der Waals surface area contributed by atoms with E-state index in [1.54, 1.807) is 16.7 Å². The molecule has 1 atom stereocenters. The minimum absolute atomic E-state index is 0.0683. The van der Waals surface area contributed by atoms with E-state index in [4.69, 9.17) is 10.00 Å². The van der Waals surface area contributed by atoms with Crippen molar-refractivity contribution in [1.82, 2.24) is 19.3 Å². The van der Waals surface area contributed by atoms with Crippen LogP contribution < -0.4 is 10.4 Å². The van der Waals surface area contributed by atoms with Crippen LogP contribution in [0.4, 0.5) is 8.78 Å². The van der Waals surface area contributed by atoms with Gasteiger partial charge in [0, 0.05) is 25.3 Å². The molecule has 2 aromatic heterocycles. The van der Waals surface area contributed by atoms with Crippen molar-refractivity contribution in [3.8, 4) is 11.8 Å². The molecule has 0 radical (unpaired) electrons. The molecule has 1 fully saturated rings. The summed E-state index contributed by atoms with van der Waals surface area (Å²) < 4.78 is 36.1. The van der Waals surface area contributed by atoms with Gasteiger partial charge < -0.3 is 4.74 Å². The van der Waals surface area contributed by atoms with E-state index in [1.807, 2.05) is 6.07 Å². The Kier molecular flexibility index (Phi) is 4.35. The van der Waals surface area contributed by atoms with Gasteiger partial charge in [-0.3, -0.25) is 4.57 Å². The fraction of sp³-hybridized carbons (Fsp3) is 0.333. The molecule has 7 nitrogen and oxygen atoms in total. The second-order valence-corrected chi connectivity index (χ2v) is 7.63. The first-order valence-corrected chi connectivity index (χ1v) is 9.70. The first-order chi connectivity index (χ1) is 14.5. The van der Waals surface area contributed by atoms with E-state index < -0.39 is 17.7 Å². The molecule has 0 bridgehead atoms. The summed E-state index contributed by atoms with van der Waals surface area (Å²) in [5, 5.41) is 13.3. The predicted octanol–water partition coefficient (Wildman–Crippen LogP) is 2.91. The first-order valence-electron chi connectivity index (χ1n) is 9.70. The number of aryl methyl sites for hydroxylation is 1. The summed E-state index contributed by atoms with van der Waals surface area (Å²) in [5.41, 5.74) is 0.498. The highest BCUT2D eigenvalue weighted by Gasteiger charge is 2.37. The van der Waals surface area contributed by atoms with E-state index in [2.05, 4.69) is 10.1 Å². The molecule has 5 rings (SSSR count). The largest absolute Gasteiger partial charge is 0.489 e. The lowest BCUT2D eigenvalue weighted by Gasteiger charge is -2.34. The molecule has 30 heavy (non-hydrogen) atoms. The number of halogens is 2. The number of hydrogen-bond acceptors (Lipinski definition) is 5. The summed E-state index contributed by atoms with van der Waals surface area (Å²) in [6.45, 7) is 0. The molecular weight excluding hydrogens is 392 g/mol. The number of hydrogen-bond donors (Lipinski definition) is 0. The number of ether oxygens (including phenoxy) is 1. The quantitative estimate of drug-likeness (QED) is 0.661. The lowest BCUT2D eigenvalue weighted by molar-refractivity contribution is 0.0620. The SMILES string of the molecule is N#Cc1ccc(O[C@H]2C[C@H](n3nc4n(c3=O)[C@H](c3cc(F)cc(F)c3)CC4)C2)cn1. The molecular formula is C21H17F2N5O2. The highest BCUT2D eigenvalue weighted by molar-refractivity contribution is 5.27. The summed E-state index contributed by atoms with van der Waals surface area (Å²) >= 11 is 0. The number of nitrogens with zero attached hydrogens (tertiary/aromatic N) is 5. The minimum Gasteiger partial charge on any atom is -0.489 e. The monoisotopic (exact) mass is 409 g/mol. The van der Waals surface area contributed by atoms with Crippen molar-refractivity contribution in [2.45, 2.75) is 43.9 Å². The van der Waals surface area contributed by atoms with Gasteiger partial charge >= 0.3 is 5.69 Å². The van der Waals surface area contributed by atoms with Crippen molar-refractivity contribution in [3.63, 3.8) is 0 Å². The summed E-state index contributed by atoms with van der Waals surface area (Å²) in [7, 11) is 0. The molecule has 1 aliphatic carbocycles. The van der Waals surface area contributed by atoms with Crippen LogP contribution in [0.3, 0.4) is 0 Å². The lowest BCUT2D eigenvalue weighted by atomic mass is 9.89. The van der Waals surface area contributed by atoms with Crippen molar-refractivity contribution in [1.29, 1.82) is 5.26 Å². The third-order valence-electron chi connectivity index (χ3n) is 5.70. The molecule has 3 aromatic rings. The van der Waals surface area contributed by atoms with Crippen molar-refractivity contribution < 1.29 is 13.5 Å². The topological polar surface area (TPSA) is 85.7 Å². The van der Waals surface area contributed by atoms with Gasteiger partial charge in [0.15, 0.2) is 0 Å². The highest BCUT2D eigenvalue weighted by Crippen LogP contribution is 2.36. The zero-order valence-corrected chi connectivity index (χ0v) is 15.8. The molecule has 1 aromatic carbocycles. The summed E-state index contributed by atoms with van der Waals surface area (Å²) in [6.07, 6.45) is 3.84. The molecule has 152 valence electrons. The van der Waals surface area contributed by atoms with Gasteiger partial charge in [-0.1, -0.05) is 0 Å². The fourth-order valence-electron chi connectivity index (χ4n) is 4.18. The van der Waals surface area contributed by atoms with Crippen LogP contribution in [0.15, 0.2) is 41.3 Å². The summed E-state index contributed by atoms with van der Waals surface area (Å²) in [4.78, 5) is 17.0. The molecule has 0 unspecified atom stereocenters. The molecule has 2 aliphatic rings. The summed E-state index contributed by atoms with van der Waals surface area (Å²) in [5.74, 6) is -0.106. The first kappa shape index (κ1) is 18.5. The van der Waals surface area contributed by atoms with Crippen LogP contribution in [0.25, 0.3) is 0 Å². The van der Waals surface area contributed by atoms with Gasteiger partial charge in [-0.2, -0.15) is 10.4 Å². The third kappa shape index (κ3) is 3.14. The molecule has 9 heteroatoms. The van der Waals surface area contributed by atoms with Crippen LogP contribution in [0, 0.1) is 23.0 Å². The second-order valence-electron chi connectivity index (χ2n) is 7.63. The van der Waals surface area contributed by atoms with Gasteiger partial charge in [0.1, 0.15) is 41.1 Å². The molecule has 1 aliphatic heterocycles. The van der Waals surface area contributed by atoms with Gasteiger partial charge in [-0.25, -0.2) is 23.2 Å². The fourth-order valence-corrected chi connectivity index (χ4v) is 4.18. The maximum absolute atomic E-state index is 13.6. The van der Waals surface area contributed by atoms with Gasteiger partial charge in [-0.15, -0.1) is 0 Å². The van der Waals surface area contributed by atoms with Crippen LogP contribution in [0.1, 0.15) is 48.4 Å². The smallest absolute Gasteiger partial charge is 0.346 e. The van der Waals surface area contributed by atoms with Crippen LogP contribution in [0.5, 0.6) is 5.75 Å². The summed E-state index contributed by atoms with van der Waals surface area (Å²) in [6, 6.07) is 8.10. The Labute approximate surface area is 170 Å². The molecule has 0 saturated heterocycles. The number of benzene rings is 1. The number of pyridine rings is 1. The zero-order chi connectivity index (χ0) is 20.8. The molecule has 3 heterocycles. The molecule has 1 saturated carbocycles. The Hall–Kier alpha value is -3.54. The van der Waals surface area contributed by atoms with Gasteiger partial charge in [0.2, 0.25) is 0 Å². The average molecular weight is 409 g/mol. The Morgan fingerprint density at radius 3 is 2.60 bits per heavy atom. The Bertz CT molecular complexity index is 1190. The van der Waals surface area contributed by atoms with Gasteiger partial charge in [0.25, 0.3) is 0 Å². The Balaban J connectivity index is 1.31. The van der Waals surface area contributed by atoms with Gasteiger partial charge in [0.05, 0.1) is 18.3 Å². The van der Waals surface area contributed by atoms with E-state index in [-0.39, 0.29) is 17.8 Å². The van der Waals surface area contributed by atoms with E-state index in [0.29, 0.717) is 48.5 Å². The van der Waals surface area contributed by atoms with E-state index in [9.17, 15) is 13.6 Å². The number of nitriles is 1. The number of rotatable bonds is 4. The van der Waals surface area contributed by atoms with Crippen LogP contribution in [-0.2, 0) is 6.42 Å². The Morgan fingerprint density at radius 1 is 1.17 bits per heavy atom. The maximum Gasteiger partial charge on any atom is 0.346 e. The number of fused-ring (bicyclic) bond motifs is 1. The highest BCUT2D eigenvalue weighted by atomic mass is 19.1. The predicted molar refractivity (Wildman–Crippen MR) is 101 cm³/mol. The van der Waals surface area contributed by atoms with E-state index in [0.717, 1.165) is 6.07 Å². The zero-order valence-electron chi connectivity index (χ0n) is 15.8. The average Bonchev–Trinajstić information content (AvgIpc) is 3.24. The maximum atomic E-state index is 13.6. The lowest BCUT2D eigenvalue weighted by Crippen LogP contribution is -2.41. The van der Waals surface area contributed by atoms with Crippen molar-refractivity contribution in [3.05, 3.63) is 75.7 Å². The second kappa shape index (κ2) is 7.06. The van der Waals surface area contributed by atoms with Crippen LogP contribution in [-0.4, -0.2) is 25.4 Å². The standard InChI is InChI=1S/C21H17F2N5O2/c22-13-5-12(6-14(23)7-13)19-3-4-20-26-28(21(29)27(19)20)16-8-18(9-16)30-17-2-1-15(10-24)25-11-17/h1-2,5-7,11,16,18-19H,3-4,8-9H2/t16-,18-,19-/m0/s1. The van der Waals surface area contributed by atoms with Crippen molar-refractivity contribution in [2.75, 3.05) is 0 Å². The van der Waals surface area contributed by atoms with Crippen LogP contribution >= 0.6 is 0 Å². The van der Waals surface area contributed by atoms with Crippen molar-refractivity contribution >= 4 is 0 Å². The van der Waals surface area contributed by atoms with E-state index in [1.165, 1.54) is 23.0 Å². The minimum atomic E-state index is -0.657. The normalized spacial score (nSPS) is 22.2. The Morgan fingerprint density at radius 2 is 1.93 bits per heavy atom. The van der Waals surface area contributed by atoms with Crippen LogP contribution in [0.2, 0.25) is 0 Å².